The monoisotopic (exact) mass is 354 g/mol. The Morgan fingerprint density at radius 1 is 1.20 bits per heavy atom. The van der Waals surface area contributed by atoms with Gasteiger partial charge in [-0.3, -0.25) is 0 Å². The van der Waals surface area contributed by atoms with E-state index in [9.17, 15) is 4.79 Å². The van der Waals surface area contributed by atoms with E-state index in [2.05, 4.69) is 48.7 Å². The van der Waals surface area contributed by atoms with Crippen molar-refractivity contribution in [2.24, 2.45) is 22.7 Å². The fourth-order valence-corrected chi connectivity index (χ4v) is 4.71. The molecule has 0 aromatic rings. The molecule has 0 amide bonds. The van der Waals surface area contributed by atoms with Gasteiger partial charge >= 0.3 is 5.97 Å². The molecule has 0 spiro atoms. The summed E-state index contributed by atoms with van der Waals surface area (Å²) in [5, 5.41) is 0. The average Bonchev–Trinajstić information content (AvgIpc) is 2.79. The van der Waals surface area contributed by atoms with Crippen molar-refractivity contribution < 1.29 is 18.8 Å². The fourth-order valence-electron chi connectivity index (χ4n) is 4.71. The van der Waals surface area contributed by atoms with Crippen molar-refractivity contribution in [1.29, 1.82) is 0 Å². The van der Waals surface area contributed by atoms with E-state index in [1.807, 2.05) is 0 Å². The average molecular weight is 355 g/mol. The Morgan fingerprint density at radius 3 is 2.40 bits per heavy atom. The van der Waals surface area contributed by atoms with Gasteiger partial charge < -0.3 is 14.0 Å². The van der Waals surface area contributed by atoms with Gasteiger partial charge in [-0.15, -0.1) is 0 Å². The summed E-state index contributed by atoms with van der Waals surface area (Å²) < 4.78 is 12.3. The van der Waals surface area contributed by atoms with E-state index in [4.69, 9.17) is 9.47 Å². The van der Waals surface area contributed by atoms with Gasteiger partial charge in [-0.1, -0.05) is 34.6 Å². The summed E-state index contributed by atoms with van der Waals surface area (Å²) in [5.74, 6) is 1.27. The Hall–Kier alpha value is -0.610. The highest BCUT2D eigenvalue weighted by molar-refractivity contribution is 5.70. The minimum Gasteiger partial charge on any atom is -0.462 e. The second-order valence-corrected chi connectivity index (χ2v) is 10.2. The van der Waals surface area contributed by atoms with Gasteiger partial charge in [-0.05, 0) is 48.3 Å². The SMILES string of the molecule is CC(C)CCOC(=O)C[N+](C)(C)CCO[C@H]1C[C@H]2CC[C@]1(C)C2(C)C. The van der Waals surface area contributed by atoms with E-state index in [0.717, 1.165) is 25.5 Å². The van der Waals surface area contributed by atoms with Crippen LogP contribution in [0.4, 0.5) is 0 Å². The molecule has 0 aromatic heterocycles. The molecule has 146 valence electrons. The molecule has 0 saturated heterocycles. The molecular formula is C21H40NO3+. The summed E-state index contributed by atoms with van der Waals surface area (Å²) in [6, 6.07) is 0. The van der Waals surface area contributed by atoms with Crippen LogP contribution < -0.4 is 0 Å². The van der Waals surface area contributed by atoms with Crippen LogP contribution in [0.3, 0.4) is 0 Å². The van der Waals surface area contributed by atoms with Crippen LogP contribution in [0.25, 0.3) is 0 Å². The topological polar surface area (TPSA) is 35.5 Å². The van der Waals surface area contributed by atoms with Crippen molar-refractivity contribution in [3.8, 4) is 0 Å². The molecule has 2 bridgehead atoms. The highest BCUT2D eigenvalue weighted by Gasteiger charge is 2.61. The molecule has 3 atom stereocenters. The van der Waals surface area contributed by atoms with E-state index in [0.29, 0.717) is 40.5 Å². The van der Waals surface area contributed by atoms with Gasteiger partial charge in [0.15, 0.2) is 6.54 Å². The second-order valence-electron chi connectivity index (χ2n) is 10.2. The molecule has 0 N–H and O–H groups in total. The zero-order chi connectivity index (χ0) is 18.9. The molecule has 2 fully saturated rings. The van der Waals surface area contributed by atoms with E-state index in [1.165, 1.54) is 19.3 Å². The van der Waals surface area contributed by atoms with Crippen LogP contribution >= 0.6 is 0 Å². The van der Waals surface area contributed by atoms with Crippen molar-refractivity contribution in [2.75, 3.05) is 40.4 Å². The molecule has 0 aliphatic heterocycles. The normalized spacial score (nSPS) is 30.9. The van der Waals surface area contributed by atoms with Gasteiger partial charge in [0, 0.05) is 0 Å². The third-order valence-corrected chi connectivity index (χ3v) is 7.24. The maximum Gasteiger partial charge on any atom is 0.361 e. The van der Waals surface area contributed by atoms with Crippen molar-refractivity contribution in [1.82, 2.24) is 0 Å². The summed E-state index contributed by atoms with van der Waals surface area (Å²) >= 11 is 0. The molecule has 0 aromatic carbocycles. The number of hydrogen-bond acceptors (Lipinski definition) is 3. The Bertz CT molecular complexity index is 472. The molecule has 25 heavy (non-hydrogen) atoms. The number of esters is 1. The summed E-state index contributed by atoms with van der Waals surface area (Å²) in [4.78, 5) is 12.0. The molecular weight excluding hydrogens is 314 g/mol. The van der Waals surface area contributed by atoms with Crippen molar-refractivity contribution in [2.45, 2.75) is 66.4 Å². The summed E-state index contributed by atoms with van der Waals surface area (Å²) in [6.45, 7) is 14.0. The van der Waals surface area contributed by atoms with Crippen LogP contribution in [-0.2, 0) is 14.3 Å². The van der Waals surface area contributed by atoms with Crippen LogP contribution in [0, 0.1) is 22.7 Å². The predicted octanol–water partition coefficient (Wildman–Crippen LogP) is 3.88. The van der Waals surface area contributed by atoms with Crippen LogP contribution in [0.2, 0.25) is 0 Å². The van der Waals surface area contributed by atoms with Crippen LogP contribution in [-0.4, -0.2) is 57.0 Å². The van der Waals surface area contributed by atoms with Gasteiger partial charge in [0.25, 0.3) is 0 Å². The quantitative estimate of drug-likeness (QED) is 0.465. The van der Waals surface area contributed by atoms with Crippen molar-refractivity contribution in [3.63, 3.8) is 0 Å². The minimum atomic E-state index is -0.0985. The fraction of sp³-hybridized carbons (Fsp3) is 0.952. The minimum absolute atomic E-state index is 0.0985. The zero-order valence-corrected chi connectivity index (χ0v) is 17.6. The van der Waals surface area contributed by atoms with Gasteiger partial charge in [0.2, 0.25) is 0 Å². The van der Waals surface area contributed by atoms with Gasteiger partial charge in [0.05, 0.1) is 33.4 Å². The maximum atomic E-state index is 12.0. The Labute approximate surface area is 154 Å². The highest BCUT2D eigenvalue weighted by Crippen LogP contribution is 2.66. The Morgan fingerprint density at radius 2 is 1.88 bits per heavy atom. The van der Waals surface area contributed by atoms with E-state index < -0.39 is 0 Å². The number of rotatable bonds is 9. The number of quaternary nitrogens is 1. The van der Waals surface area contributed by atoms with Crippen LogP contribution in [0.15, 0.2) is 0 Å². The third-order valence-electron chi connectivity index (χ3n) is 7.24. The largest absolute Gasteiger partial charge is 0.462 e. The molecule has 2 aliphatic carbocycles. The lowest BCUT2D eigenvalue weighted by atomic mass is 9.70. The van der Waals surface area contributed by atoms with Crippen LogP contribution in [0.1, 0.15) is 60.3 Å². The highest BCUT2D eigenvalue weighted by atomic mass is 16.5. The van der Waals surface area contributed by atoms with E-state index in [1.54, 1.807) is 0 Å². The smallest absolute Gasteiger partial charge is 0.361 e. The van der Waals surface area contributed by atoms with Gasteiger partial charge in [-0.2, -0.15) is 0 Å². The second kappa shape index (κ2) is 7.56. The van der Waals surface area contributed by atoms with E-state index in [-0.39, 0.29) is 5.97 Å². The number of carbonyl (C=O) groups is 1. The number of nitrogens with zero attached hydrogens (tertiary/aromatic N) is 1. The number of ether oxygens (including phenoxy) is 2. The predicted molar refractivity (Wildman–Crippen MR) is 101 cm³/mol. The van der Waals surface area contributed by atoms with Crippen molar-refractivity contribution >= 4 is 5.97 Å². The maximum absolute atomic E-state index is 12.0. The van der Waals surface area contributed by atoms with Gasteiger partial charge in [0.1, 0.15) is 6.54 Å². The molecule has 4 heteroatoms. The number of carbonyl (C=O) groups excluding carboxylic acids is 1. The number of likely N-dealkylation sites (N-methyl/N-ethyl adjacent to an activating group) is 1. The van der Waals surface area contributed by atoms with Crippen LogP contribution in [0.5, 0.6) is 0 Å². The first-order chi connectivity index (χ1) is 11.5. The van der Waals surface area contributed by atoms with E-state index >= 15 is 0 Å². The zero-order valence-electron chi connectivity index (χ0n) is 17.6. The van der Waals surface area contributed by atoms with Crippen molar-refractivity contribution in [3.05, 3.63) is 0 Å². The van der Waals surface area contributed by atoms with Gasteiger partial charge in [-0.25, -0.2) is 4.79 Å². The molecule has 2 rings (SSSR count). The summed E-state index contributed by atoms with van der Waals surface area (Å²) in [7, 11) is 4.17. The first-order valence-corrected chi connectivity index (χ1v) is 10.1. The lowest BCUT2D eigenvalue weighted by molar-refractivity contribution is -0.883. The first-order valence-electron chi connectivity index (χ1n) is 10.1. The molecule has 2 aliphatic rings. The summed E-state index contributed by atoms with van der Waals surface area (Å²) in [5.41, 5.74) is 0.701. The number of fused-ring (bicyclic) bond motifs is 2. The lowest BCUT2D eigenvalue weighted by Gasteiger charge is -2.39. The standard InChI is InChI=1S/C21H40NO3/c1-16(2)9-12-25-19(23)15-22(6,7)11-13-24-18-14-17-8-10-21(18,5)20(17,3)4/h16-18H,8-15H2,1-7H3/q+1/t17-,18+,21+/m1/s1. The molecule has 0 radical (unpaired) electrons. The first kappa shape index (κ1) is 20.7. The Kier molecular flexibility index (Phi) is 6.26. The summed E-state index contributed by atoms with van der Waals surface area (Å²) in [6.07, 6.45) is 5.15. The molecule has 0 unspecified atom stereocenters. The third kappa shape index (κ3) is 4.57. The number of hydrogen-bond donors (Lipinski definition) is 0. The molecule has 2 saturated carbocycles. The molecule has 4 nitrogen and oxygen atoms in total. The lowest BCUT2D eigenvalue weighted by Crippen LogP contribution is -2.47. The molecule has 0 heterocycles. The Balaban J connectivity index is 1.73.